The number of rotatable bonds is 8. The van der Waals surface area contributed by atoms with E-state index in [-0.39, 0.29) is 5.75 Å². The molecule has 0 spiro atoms. The Balaban J connectivity index is 2.76. The summed E-state index contributed by atoms with van der Waals surface area (Å²) in [4.78, 5) is 2.24. The lowest BCUT2D eigenvalue weighted by molar-refractivity contribution is 0.600. The van der Waals surface area contributed by atoms with Crippen molar-refractivity contribution in [2.45, 2.75) is 33.2 Å². The molecule has 20 heavy (non-hydrogen) atoms. The summed E-state index contributed by atoms with van der Waals surface area (Å²) in [5.74, 6) is 0.394. The molecule has 0 saturated heterocycles. The molecule has 0 bridgehead atoms. The monoisotopic (exact) mass is 318 g/mol. The summed E-state index contributed by atoms with van der Waals surface area (Å²) in [6.45, 7) is 7.28. The van der Waals surface area contributed by atoms with Crippen molar-refractivity contribution in [1.29, 1.82) is 0 Å². The Labute approximate surface area is 127 Å². The van der Waals surface area contributed by atoms with Crippen molar-refractivity contribution in [2.75, 3.05) is 27.8 Å². The van der Waals surface area contributed by atoms with Crippen LogP contribution in [0, 0.1) is 0 Å². The van der Waals surface area contributed by atoms with Crippen LogP contribution in [0.2, 0.25) is 0 Å². The van der Waals surface area contributed by atoms with Gasteiger partial charge in [0.05, 0.1) is 5.75 Å². The Hall–Kier alpha value is -0.940. The highest BCUT2D eigenvalue weighted by Crippen LogP contribution is 2.20. The fourth-order valence-electron chi connectivity index (χ4n) is 2.04. The molecular weight excluding hydrogens is 296 g/mol. The largest absolute Gasteiger partial charge is 0.369 e. The molecule has 0 atom stereocenters. The third kappa shape index (κ3) is 5.21. The first kappa shape index (κ1) is 17.1. The SMILES string of the molecule is CCN(c1ccc(NS(=O)(=O)CCCCl)cc1)C(C)C. The van der Waals surface area contributed by atoms with Crippen molar-refractivity contribution < 1.29 is 8.42 Å². The van der Waals surface area contributed by atoms with Crippen LogP contribution in [0.25, 0.3) is 0 Å². The van der Waals surface area contributed by atoms with Crippen LogP contribution in [0.5, 0.6) is 0 Å². The minimum atomic E-state index is -3.30. The van der Waals surface area contributed by atoms with E-state index >= 15 is 0 Å². The molecule has 1 aromatic rings. The van der Waals surface area contributed by atoms with Crippen LogP contribution in [-0.2, 0) is 10.0 Å². The number of alkyl halides is 1. The molecule has 0 saturated carbocycles. The Morgan fingerprint density at radius 2 is 1.85 bits per heavy atom. The summed E-state index contributed by atoms with van der Waals surface area (Å²) in [6, 6.07) is 7.86. The van der Waals surface area contributed by atoms with Crippen molar-refractivity contribution >= 4 is 33.0 Å². The highest BCUT2D eigenvalue weighted by molar-refractivity contribution is 7.92. The van der Waals surface area contributed by atoms with Gasteiger partial charge in [0.1, 0.15) is 0 Å². The van der Waals surface area contributed by atoms with Gasteiger partial charge in [-0.3, -0.25) is 4.72 Å². The van der Waals surface area contributed by atoms with Crippen LogP contribution in [-0.4, -0.2) is 32.6 Å². The number of nitrogens with one attached hydrogen (secondary N) is 1. The molecule has 4 nitrogen and oxygen atoms in total. The molecule has 0 aliphatic heterocycles. The smallest absolute Gasteiger partial charge is 0.232 e. The average Bonchev–Trinajstić information content (AvgIpc) is 2.38. The third-order valence-electron chi connectivity index (χ3n) is 2.98. The average molecular weight is 319 g/mol. The van der Waals surface area contributed by atoms with E-state index in [9.17, 15) is 8.42 Å². The van der Waals surface area contributed by atoms with Crippen molar-refractivity contribution in [3.63, 3.8) is 0 Å². The lowest BCUT2D eigenvalue weighted by Gasteiger charge is -2.27. The number of nitrogens with zero attached hydrogens (tertiary/aromatic N) is 1. The quantitative estimate of drug-likeness (QED) is 0.748. The summed E-state index contributed by atoms with van der Waals surface area (Å²) in [5.41, 5.74) is 1.68. The Kier molecular flexibility index (Phi) is 6.62. The topological polar surface area (TPSA) is 49.4 Å². The zero-order valence-electron chi connectivity index (χ0n) is 12.3. The second-order valence-electron chi connectivity index (χ2n) is 4.89. The minimum Gasteiger partial charge on any atom is -0.369 e. The maximum absolute atomic E-state index is 11.8. The van der Waals surface area contributed by atoms with E-state index in [1.54, 1.807) is 12.1 Å². The summed E-state index contributed by atoms with van der Waals surface area (Å²) < 4.78 is 26.1. The van der Waals surface area contributed by atoms with Gasteiger partial charge in [0.15, 0.2) is 0 Å². The van der Waals surface area contributed by atoms with Gasteiger partial charge in [0.25, 0.3) is 0 Å². The van der Waals surface area contributed by atoms with E-state index < -0.39 is 10.0 Å². The van der Waals surface area contributed by atoms with Gasteiger partial charge < -0.3 is 4.90 Å². The summed E-state index contributed by atoms with van der Waals surface area (Å²) in [7, 11) is -3.30. The minimum absolute atomic E-state index is 0.0470. The number of hydrogen-bond donors (Lipinski definition) is 1. The number of sulfonamides is 1. The van der Waals surface area contributed by atoms with Gasteiger partial charge in [-0.05, 0) is 51.5 Å². The van der Waals surface area contributed by atoms with Gasteiger partial charge in [-0.25, -0.2) is 8.42 Å². The second kappa shape index (κ2) is 7.74. The molecule has 0 unspecified atom stereocenters. The summed E-state index contributed by atoms with van der Waals surface area (Å²) in [5, 5.41) is 0. The van der Waals surface area contributed by atoms with Crippen LogP contribution in [0.4, 0.5) is 11.4 Å². The van der Waals surface area contributed by atoms with Gasteiger partial charge in [-0.15, -0.1) is 11.6 Å². The molecule has 0 heterocycles. The van der Waals surface area contributed by atoms with Crippen LogP contribution < -0.4 is 9.62 Å². The van der Waals surface area contributed by atoms with Gasteiger partial charge in [-0.1, -0.05) is 0 Å². The molecule has 6 heteroatoms. The number of halogens is 1. The first-order chi connectivity index (χ1) is 9.39. The van der Waals surface area contributed by atoms with Gasteiger partial charge in [0, 0.05) is 29.8 Å². The molecular formula is C14H23ClN2O2S. The molecule has 1 aromatic carbocycles. The lowest BCUT2D eigenvalue weighted by Crippen LogP contribution is -2.30. The Morgan fingerprint density at radius 3 is 2.30 bits per heavy atom. The lowest BCUT2D eigenvalue weighted by atomic mass is 10.2. The normalized spacial score (nSPS) is 11.7. The van der Waals surface area contributed by atoms with Crippen LogP contribution >= 0.6 is 11.6 Å². The predicted octanol–water partition coefficient (Wildman–Crippen LogP) is 3.29. The molecule has 0 aromatic heterocycles. The first-order valence-electron chi connectivity index (χ1n) is 6.82. The fraction of sp³-hybridized carbons (Fsp3) is 0.571. The van der Waals surface area contributed by atoms with E-state index in [0.717, 1.165) is 12.2 Å². The Bertz CT molecular complexity index is 500. The van der Waals surface area contributed by atoms with E-state index in [1.165, 1.54) is 0 Å². The molecule has 0 aliphatic rings. The molecule has 1 rings (SSSR count). The van der Waals surface area contributed by atoms with Crippen LogP contribution in [0.1, 0.15) is 27.2 Å². The van der Waals surface area contributed by atoms with Crippen LogP contribution in [0.3, 0.4) is 0 Å². The maximum atomic E-state index is 11.8. The van der Waals surface area contributed by atoms with Crippen molar-refractivity contribution in [3.8, 4) is 0 Å². The number of benzene rings is 1. The van der Waals surface area contributed by atoms with Crippen LogP contribution in [0.15, 0.2) is 24.3 Å². The summed E-state index contributed by atoms with van der Waals surface area (Å²) in [6.07, 6.45) is 0.450. The van der Waals surface area contributed by atoms with Gasteiger partial charge in [-0.2, -0.15) is 0 Å². The second-order valence-corrected chi connectivity index (χ2v) is 7.11. The van der Waals surface area contributed by atoms with Crippen molar-refractivity contribution in [1.82, 2.24) is 0 Å². The third-order valence-corrected chi connectivity index (χ3v) is 4.62. The molecule has 1 N–H and O–H groups in total. The zero-order chi connectivity index (χ0) is 15.2. The number of anilines is 2. The molecule has 114 valence electrons. The fourth-order valence-corrected chi connectivity index (χ4v) is 3.46. The molecule has 0 radical (unpaired) electrons. The van der Waals surface area contributed by atoms with E-state index in [0.29, 0.717) is 24.0 Å². The molecule has 0 fully saturated rings. The highest BCUT2D eigenvalue weighted by Gasteiger charge is 2.11. The summed E-state index contributed by atoms with van der Waals surface area (Å²) >= 11 is 5.51. The first-order valence-corrected chi connectivity index (χ1v) is 9.01. The molecule has 0 aliphatic carbocycles. The predicted molar refractivity (Wildman–Crippen MR) is 87.3 cm³/mol. The van der Waals surface area contributed by atoms with Gasteiger partial charge >= 0.3 is 0 Å². The highest BCUT2D eigenvalue weighted by atomic mass is 35.5. The van der Waals surface area contributed by atoms with E-state index in [4.69, 9.17) is 11.6 Å². The van der Waals surface area contributed by atoms with E-state index in [1.807, 2.05) is 12.1 Å². The van der Waals surface area contributed by atoms with Gasteiger partial charge in [0.2, 0.25) is 10.0 Å². The standard InChI is InChI=1S/C14H23ClN2O2S/c1-4-17(12(2)3)14-8-6-13(7-9-14)16-20(18,19)11-5-10-15/h6-9,12,16H,4-5,10-11H2,1-3H3. The van der Waals surface area contributed by atoms with E-state index in [2.05, 4.69) is 30.4 Å². The van der Waals surface area contributed by atoms with Crippen molar-refractivity contribution in [3.05, 3.63) is 24.3 Å². The number of hydrogen-bond acceptors (Lipinski definition) is 3. The maximum Gasteiger partial charge on any atom is 0.232 e. The van der Waals surface area contributed by atoms with Crippen molar-refractivity contribution in [2.24, 2.45) is 0 Å². The Morgan fingerprint density at radius 1 is 1.25 bits per heavy atom. The molecule has 0 amide bonds. The zero-order valence-corrected chi connectivity index (χ0v) is 13.8.